The van der Waals surface area contributed by atoms with Crippen molar-refractivity contribution in [3.63, 3.8) is 0 Å². The fourth-order valence-electron chi connectivity index (χ4n) is 1.99. The van der Waals surface area contributed by atoms with E-state index < -0.39 is 0 Å². The largest absolute Gasteiger partial charge is 0.496 e. The zero-order chi connectivity index (χ0) is 15.3. The highest BCUT2D eigenvalue weighted by molar-refractivity contribution is 5.98. The van der Waals surface area contributed by atoms with Crippen molar-refractivity contribution in [2.75, 3.05) is 19.5 Å². The summed E-state index contributed by atoms with van der Waals surface area (Å²) in [6.07, 6.45) is 0.500. The van der Waals surface area contributed by atoms with Crippen molar-refractivity contribution < 1.29 is 14.6 Å². The van der Waals surface area contributed by atoms with Gasteiger partial charge in [0.05, 0.1) is 12.7 Å². The van der Waals surface area contributed by atoms with Crippen molar-refractivity contribution in [1.82, 2.24) is 5.32 Å². The van der Waals surface area contributed by atoms with Gasteiger partial charge in [-0.15, -0.1) is 0 Å². The molecule has 1 aromatic rings. The number of aliphatic hydroxyl groups is 1. The van der Waals surface area contributed by atoms with Crippen molar-refractivity contribution in [2.45, 2.75) is 33.2 Å². The van der Waals surface area contributed by atoms with Gasteiger partial charge in [-0.3, -0.25) is 4.79 Å². The quantitative estimate of drug-likeness (QED) is 0.718. The maximum atomic E-state index is 12.4. The number of hydrogen-bond acceptors (Lipinski definition) is 4. The molecule has 4 N–H and O–H groups in total. The summed E-state index contributed by atoms with van der Waals surface area (Å²) in [6, 6.07) is 4.81. The number of anilines is 1. The molecule has 0 saturated carbocycles. The lowest BCUT2D eigenvalue weighted by atomic mass is 9.84. The van der Waals surface area contributed by atoms with Gasteiger partial charge in [0.1, 0.15) is 5.75 Å². The van der Waals surface area contributed by atoms with E-state index in [1.807, 2.05) is 20.8 Å². The molecule has 1 amide bonds. The molecule has 0 saturated heterocycles. The Morgan fingerprint density at radius 1 is 1.45 bits per heavy atom. The number of methoxy groups -OCH3 is 1. The number of carbonyl (C=O) groups is 1. The van der Waals surface area contributed by atoms with Crippen LogP contribution in [0, 0.1) is 5.41 Å². The van der Waals surface area contributed by atoms with Crippen LogP contribution in [0.15, 0.2) is 18.2 Å². The Hall–Kier alpha value is -1.75. The number of benzene rings is 1. The van der Waals surface area contributed by atoms with Gasteiger partial charge < -0.3 is 20.9 Å². The first-order valence-corrected chi connectivity index (χ1v) is 6.65. The molecule has 1 aromatic carbocycles. The Bertz CT molecular complexity index is 467. The predicted octanol–water partition coefficient (Wildman–Crippen LogP) is 1.80. The van der Waals surface area contributed by atoms with Crippen LogP contribution in [0.25, 0.3) is 0 Å². The number of nitrogens with one attached hydrogen (secondary N) is 1. The molecule has 0 bridgehead atoms. The number of aliphatic hydroxyl groups excluding tert-OH is 1. The molecule has 112 valence electrons. The molecule has 1 unspecified atom stereocenters. The summed E-state index contributed by atoms with van der Waals surface area (Å²) in [4.78, 5) is 12.4. The van der Waals surface area contributed by atoms with E-state index in [2.05, 4.69) is 5.32 Å². The molecule has 1 atom stereocenters. The van der Waals surface area contributed by atoms with Crippen molar-refractivity contribution in [2.24, 2.45) is 5.41 Å². The van der Waals surface area contributed by atoms with Crippen molar-refractivity contribution in [1.29, 1.82) is 0 Å². The molecule has 1 rings (SSSR count). The van der Waals surface area contributed by atoms with Crippen LogP contribution in [0.1, 0.15) is 37.6 Å². The van der Waals surface area contributed by atoms with Crippen LogP contribution >= 0.6 is 0 Å². The zero-order valence-corrected chi connectivity index (χ0v) is 12.6. The molecule has 0 fully saturated rings. The number of nitrogens with two attached hydrogens (primary N) is 1. The predicted molar refractivity (Wildman–Crippen MR) is 79.8 cm³/mol. The summed E-state index contributed by atoms with van der Waals surface area (Å²) < 4.78 is 5.18. The van der Waals surface area contributed by atoms with E-state index >= 15 is 0 Å². The molecule has 5 heteroatoms. The fourth-order valence-corrected chi connectivity index (χ4v) is 1.99. The molecule has 0 heterocycles. The smallest absolute Gasteiger partial charge is 0.255 e. The van der Waals surface area contributed by atoms with E-state index in [-0.39, 0.29) is 24.0 Å². The monoisotopic (exact) mass is 280 g/mol. The van der Waals surface area contributed by atoms with Gasteiger partial charge in [-0.25, -0.2) is 0 Å². The summed E-state index contributed by atoms with van der Waals surface area (Å²) in [7, 11) is 1.51. The van der Waals surface area contributed by atoms with Gasteiger partial charge in [-0.1, -0.05) is 20.8 Å². The highest BCUT2D eigenvalue weighted by Gasteiger charge is 2.27. The maximum Gasteiger partial charge on any atom is 0.255 e. The first kappa shape index (κ1) is 16.3. The third kappa shape index (κ3) is 4.13. The molecular weight excluding hydrogens is 256 g/mol. The second kappa shape index (κ2) is 6.61. The van der Waals surface area contributed by atoms with Gasteiger partial charge in [0.25, 0.3) is 5.91 Å². The number of nitrogen functional groups attached to an aromatic ring is 1. The van der Waals surface area contributed by atoms with Crippen LogP contribution in [-0.4, -0.2) is 30.8 Å². The average Bonchev–Trinajstić information content (AvgIpc) is 2.37. The Kier molecular flexibility index (Phi) is 5.39. The van der Waals surface area contributed by atoms with Crippen molar-refractivity contribution >= 4 is 11.6 Å². The lowest BCUT2D eigenvalue weighted by Gasteiger charge is -2.31. The molecule has 0 aromatic heterocycles. The third-order valence-electron chi connectivity index (χ3n) is 3.24. The van der Waals surface area contributed by atoms with Crippen LogP contribution in [0.2, 0.25) is 0 Å². The first-order valence-electron chi connectivity index (χ1n) is 6.65. The minimum absolute atomic E-state index is 0.0241. The molecule has 0 aliphatic carbocycles. The van der Waals surface area contributed by atoms with Crippen molar-refractivity contribution in [3.8, 4) is 5.75 Å². The van der Waals surface area contributed by atoms with Gasteiger partial charge in [0.15, 0.2) is 0 Å². The van der Waals surface area contributed by atoms with E-state index in [9.17, 15) is 4.79 Å². The summed E-state index contributed by atoms with van der Waals surface area (Å²) in [6.45, 7) is 6.08. The van der Waals surface area contributed by atoms with E-state index in [0.29, 0.717) is 23.4 Å². The molecule has 5 nitrogen and oxygen atoms in total. The number of rotatable bonds is 5. The van der Waals surface area contributed by atoms with Gasteiger partial charge >= 0.3 is 0 Å². The average molecular weight is 280 g/mol. The molecule has 0 spiro atoms. The number of hydrogen-bond donors (Lipinski definition) is 3. The maximum absolute atomic E-state index is 12.4. The highest BCUT2D eigenvalue weighted by atomic mass is 16.5. The summed E-state index contributed by atoms with van der Waals surface area (Å²) in [5, 5.41) is 12.1. The van der Waals surface area contributed by atoms with Crippen LogP contribution in [0.5, 0.6) is 5.75 Å². The fraction of sp³-hybridized carbons (Fsp3) is 0.533. The highest BCUT2D eigenvalue weighted by Crippen LogP contribution is 2.25. The molecule has 0 radical (unpaired) electrons. The Morgan fingerprint density at radius 3 is 2.60 bits per heavy atom. The number of carbonyl (C=O) groups excluding carboxylic acids is 1. The van der Waals surface area contributed by atoms with Crippen LogP contribution < -0.4 is 15.8 Å². The first-order chi connectivity index (χ1) is 9.29. The standard InChI is InChI=1S/C15H24N2O3/c1-15(2,3)13(7-8-18)17-14(19)11-9-10(16)5-6-12(11)20-4/h5-6,9,13,18H,7-8,16H2,1-4H3,(H,17,19). The normalized spacial score (nSPS) is 12.8. The van der Waals surface area contributed by atoms with Gasteiger partial charge in [0.2, 0.25) is 0 Å². The third-order valence-corrected chi connectivity index (χ3v) is 3.24. The van der Waals surface area contributed by atoms with E-state index in [1.165, 1.54) is 7.11 Å². The van der Waals surface area contributed by atoms with E-state index in [4.69, 9.17) is 15.6 Å². The van der Waals surface area contributed by atoms with Crippen LogP contribution in [-0.2, 0) is 0 Å². The summed E-state index contributed by atoms with van der Waals surface area (Å²) in [5.41, 5.74) is 6.48. The summed E-state index contributed by atoms with van der Waals surface area (Å²) >= 11 is 0. The lowest BCUT2D eigenvalue weighted by Crippen LogP contribution is -2.44. The van der Waals surface area contributed by atoms with Crippen LogP contribution in [0.3, 0.4) is 0 Å². The van der Waals surface area contributed by atoms with Crippen molar-refractivity contribution in [3.05, 3.63) is 23.8 Å². The number of amides is 1. The SMILES string of the molecule is COc1ccc(N)cc1C(=O)NC(CCO)C(C)(C)C. The van der Waals surface area contributed by atoms with Gasteiger partial charge in [-0.2, -0.15) is 0 Å². The minimum atomic E-state index is -0.248. The van der Waals surface area contributed by atoms with Gasteiger partial charge in [-0.05, 0) is 30.0 Å². The summed E-state index contributed by atoms with van der Waals surface area (Å²) in [5.74, 6) is 0.232. The molecule has 0 aliphatic rings. The molecular formula is C15H24N2O3. The van der Waals surface area contributed by atoms with Gasteiger partial charge in [0, 0.05) is 18.3 Å². The van der Waals surface area contributed by atoms with Crippen LogP contribution in [0.4, 0.5) is 5.69 Å². The number of ether oxygens (including phenoxy) is 1. The lowest BCUT2D eigenvalue weighted by molar-refractivity contribution is 0.0882. The van der Waals surface area contributed by atoms with E-state index in [0.717, 1.165) is 0 Å². The Balaban J connectivity index is 2.97. The topological polar surface area (TPSA) is 84.6 Å². The van der Waals surface area contributed by atoms with E-state index in [1.54, 1.807) is 18.2 Å². The minimum Gasteiger partial charge on any atom is -0.496 e. The zero-order valence-electron chi connectivity index (χ0n) is 12.6. The second-order valence-corrected chi connectivity index (χ2v) is 5.86. The Morgan fingerprint density at radius 2 is 2.10 bits per heavy atom. The molecule has 20 heavy (non-hydrogen) atoms. The molecule has 0 aliphatic heterocycles. The Labute approximate surface area is 120 Å². The second-order valence-electron chi connectivity index (χ2n) is 5.86.